The van der Waals surface area contributed by atoms with Crippen molar-refractivity contribution in [1.29, 1.82) is 10.5 Å². The molecule has 342 valence electrons. The molecule has 74 heavy (non-hydrogen) atoms. The number of aromatic nitrogens is 2. The molecule has 0 amide bonds. The molecule has 0 spiro atoms. The third kappa shape index (κ3) is 5.79. The van der Waals surface area contributed by atoms with Crippen molar-refractivity contribution < 1.29 is 0 Å². The lowest BCUT2D eigenvalue weighted by Gasteiger charge is -2.26. The highest BCUT2D eigenvalue weighted by Crippen LogP contribution is 2.56. The van der Waals surface area contributed by atoms with Gasteiger partial charge in [-0.1, -0.05) is 146 Å². The number of fused-ring (bicyclic) bond motifs is 12. The summed E-state index contributed by atoms with van der Waals surface area (Å²) in [4.78, 5) is 4.65. The molecule has 11 aromatic carbocycles. The van der Waals surface area contributed by atoms with E-state index in [0.717, 1.165) is 67.1 Å². The van der Waals surface area contributed by atoms with E-state index in [4.69, 9.17) is 0 Å². The van der Waals surface area contributed by atoms with Gasteiger partial charge in [0, 0.05) is 77.0 Å². The minimum absolute atomic E-state index is 0.621. The molecule has 0 saturated carbocycles. The summed E-state index contributed by atoms with van der Waals surface area (Å²) in [5, 5.41) is 29.0. The molecule has 0 aliphatic carbocycles. The van der Waals surface area contributed by atoms with Crippen molar-refractivity contribution in [3.05, 3.63) is 254 Å². The highest BCUT2D eigenvalue weighted by molar-refractivity contribution is 6.39. The van der Waals surface area contributed by atoms with Crippen LogP contribution >= 0.6 is 0 Å². The van der Waals surface area contributed by atoms with Gasteiger partial charge in [-0.2, -0.15) is 10.5 Å². The summed E-state index contributed by atoms with van der Waals surface area (Å²) in [6, 6.07) is 90.6. The molecule has 6 heteroatoms. The Labute approximate surface area is 425 Å². The van der Waals surface area contributed by atoms with Crippen LogP contribution in [0.25, 0.3) is 98.4 Å². The topological polar surface area (TPSA) is 62.9 Å². The third-order valence-electron chi connectivity index (χ3n) is 15.2. The molecule has 15 aromatic rings. The maximum absolute atomic E-state index is 9.81. The fourth-order valence-electron chi connectivity index (χ4n) is 12.3. The number of hydrogen-bond acceptors (Lipinski definition) is 4. The summed E-state index contributed by atoms with van der Waals surface area (Å²) in [6.45, 7) is 0. The number of benzene rings is 11. The highest BCUT2D eigenvalue weighted by atomic mass is 15.2. The zero-order valence-corrected chi connectivity index (χ0v) is 39.8. The summed E-state index contributed by atoms with van der Waals surface area (Å²) in [5.74, 6) is 0. The van der Waals surface area contributed by atoms with Crippen LogP contribution in [-0.2, 0) is 0 Å². The number of nitrogens with zero attached hydrogens (tertiary/aromatic N) is 6. The second kappa shape index (κ2) is 16.1. The van der Waals surface area contributed by atoms with E-state index in [9.17, 15) is 10.5 Å². The van der Waals surface area contributed by atoms with Crippen LogP contribution < -0.4 is 9.80 Å². The van der Waals surface area contributed by atoms with Crippen LogP contribution in [0.5, 0.6) is 0 Å². The van der Waals surface area contributed by atoms with Crippen molar-refractivity contribution in [2.45, 2.75) is 0 Å². The second-order valence-corrected chi connectivity index (χ2v) is 19.0. The Balaban J connectivity index is 1.13. The van der Waals surface area contributed by atoms with Crippen LogP contribution in [0.2, 0.25) is 0 Å². The van der Waals surface area contributed by atoms with E-state index in [1.165, 1.54) is 65.5 Å². The first kappa shape index (κ1) is 41.4. The van der Waals surface area contributed by atoms with E-state index < -0.39 is 0 Å². The van der Waals surface area contributed by atoms with Gasteiger partial charge in [-0.15, -0.1) is 0 Å². The Bertz CT molecular complexity index is 4450. The highest BCUT2D eigenvalue weighted by Gasteiger charge is 2.32. The quantitative estimate of drug-likeness (QED) is 0.152. The number of nitriles is 2. The lowest BCUT2D eigenvalue weighted by Crippen LogP contribution is -2.10. The SMILES string of the molecule is N#Cc1ccc(N(c2ccccc2)c2cccc3c2c2cccc4c5c(-c6ccccc6)c6c(c(-c7ccccc7)c5n3c24)c2cccc3c4c(N(c5ccccc5)c5ccc(C#N)cc5)cccc4n6c32)cc1. The molecule has 0 aliphatic rings. The zero-order chi connectivity index (χ0) is 49.0. The van der Waals surface area contributed by atoms with Gasteiger partial charge < -0.3 is 18.6 Å². The molecule has 0 fully saturated rings. The van der Waals surface area contributed by atoms with Gasteiger partial charge in [0.05, 0.1) is 67.7 Å². The summed E-state index contributed by atoms with van der Waals surface area (Å²) < 4.78 is 5.13. The van der Waals surface area contributed by atoms with Crippen LogP contribution in [0.1, 0.15) is 11.1 Å². The Kier molecular flexibility index (Phi) is 8.99. The normalized spacial score (nSPS) is 11.8. The Morgan fingerprint density at radius 1 is 0.284 bits per heavy atom. The standard InChI is InChI=1S/C68H40N6/c69-41-43-33-37-49(38-34-43)71(47-21-9-3-10-22-47)55-29-15-31-57-61(55)52-26-14-28-54-64-60(46-19-7-2-8-20-46)68-63(59(45-17-5-1-6-18-45)67(64)73(57)66(52)54)53-27-13-25-51-62-56(30-16-32-58(62)74(68)65(51)53)72(48-23-11-4-12-24-48)50-39-35-44(42-70)36-40-50/h1-40H. The molecule has 4 heterocycles. The van der Waals surface area contributed by atoms with Crippen molar-refractivity contribution in [1.82, 2.24) is 8.80 Å². The average molecular weight is 941 g/mol. The van der Waals surface area contributed by atoms with Crippen LogP contribution in [0, 0.1) is 22.7 Å². The maximum atomic E-state index is 9.81. The molecule has 15 rings (SSSR count). The average Bonchev–Trinajstić information content (AvgIpc) is 4.29. The van der Waals surface area contributed by atoms with E-state index in [1.807, 2.05) is 48.5 Å². The van der Waals surface area contributed by atoms with Crippen molar-refractivity contribution in [3.63, 3.8) is 0 Å². The van der Waals surface area contributed by atoms with Crippen LogP contribution in [0.15, 0.2) is 243 Å². The van der Waals surface area contributed by atoms with Gasteiger partial charge in [-0.3, -0.25) is 0 Å². The lowest BCUT2D eigenvalue weighted by atomic mass is 9.89. The van der Waals surface area contributed by atoms with Gasteiger partial charge in [0.1, 0.15) is 0 Å². The molecule has 0 N–H and O–H groups in total. The van der Waals surface area contributed by atoms with Crippen molar-refractivity contribution >= 4 is 110 Å². The predicted molar refractivity (Wildman–Crippen MR) is 305 cm³/mol. The van der Waals surface area contributed by atoms with E-state index >= 15 is 0 Å². The second-order valence-electron chi connectivity index (χ2n) is 19.0. The Hall–Kier alpha value is -10.4. The van der Waals surface area contributed by atoms with Gasteiger partial charge in [0.15, 0.2) is 0 Å². The predicted octanol–water partition coefficient (Wildman–Crippen LogP) is 18.0. The summed E-state index contributed by atoms with van der Waals surface area (Å²) in [7, 11) is 0. The largest absolute Gasteiger partial charge is 0.310 e. The van der Waals surface area contributed by atoms with Gasteiger partial charge in [0.2, 0.25) is 0 Å². The van der Waals surface area contributed by atoms with E-state index in [0.29, 0.717) is 11.1 Å². The zero-order valence-electron chi connectivity index (χ0n) is 39.8. The van der Waals surface area contributed by atoms with Crippen LogP contribution in [-0.4, -0.2) is 8.80 Å². The molecule has 0 aliphatic heterocycles. The number of rotatable bonds is 8. The molecule has 0 atom stereocenters. The van der Waals surface area contributed by atoms with E-state index in [2.05, 4.69) is 225 Å². The van der Waals surface area contributed by atoms with Gasteiger partial charge >= 0.3 is 0 Å². The monoisotopic (exact) mass is 940 g/mol. The van der Waals surface area contributed by atoms with Crippen molar-refractivity contribution in [2.24, 2.45) is 0 Å². The van der Waals surface area contributed by atoms with Gasteiger partial charge in [-0.05, 0) is 108 Å². The molecule has 0 radical (unpaired) electrons. The minimum Gasteiger partial charge on any atom is -0.310 e. The van der Waals surface area contributed by atoms with Gasteiger partial charge in [-0.25, -0.2) is 0 Å². The smallest absolute Gasteiger partial charge is 0.0991 e. The first-order valence-electron chi connectivity index (χ1n) is 24.9. The molecule has 0 saturated heterocycles. The summed E-state index contributed by atoms with van der Waals surface area (Å²) in [6.07, 6.45) is 0. The van der Waals surface area contributed by atoms with E-state index in [1.54, 1.807) is 0 Å². The van der Waals surface area contributed by atoms with Crippen LogP contribution in [0.3, 0.4) is 0 Å². The molecular weight excluding hydrogens is 901 g/mol. The molecule has 6 nitrogen and oxygen atoms in total. The minimum atomic E-state index is 0.621. The molecule has 0 unspecified atom stereocenters. The fraction of sp³-hybridized carbons (Fsp3) is 0. The van der Waals surface area contributed by atoms with Crippen molar-refractivity contribution in [3.8, 4) is 34.4 Å². The summed E-state index contributed by atoms with van der Waals surface area (Å²) in [5.41, 5.74) is 18.9. The first-order valence-corrected chi connectivity index (χ1v) is 24.9. The molecule has 0 bridgehead atoms. The lowest BCUT2D eigenvalue weighted by molar-refractivity contribution is 1.29. The first-order chi connectivity index (χ1) is 36.7. The van der Waals surface area contributed by atoms with Crippen LogP contribution in [0.4, 0.5) is 34.1 Å². The van der Waals surface area contributed by atoms with E-state index in [-0.39, 0.29) is 0 Å². The molecular formula is C68H40N6. The Morgan fingerprint density at radius 3 is 0.973 bits per heavy atom. The third-order valence-corrected chi connectivity index (χ3v) is 15.2. The number of anilines is 6. The van der Waals surface area contributed by atoms with Crippen molar-refractivity contribution in [2.75, 3.05) is 9.80 Å². The number of para-hydroxylation sites is 4. The number of hydrogen-bond donors (Lipinski definition) is 0. The molecule has 4 aromatic heterocycles. The Morgan fingerprint density at radius 2 is 0.608 bits per heavy atom. The van der Waals surface area contributed by atoms with Gasteiger partial charge in [0.25, 0.3) is 0 Å². The summed E-state index contributed by atoms with van der Waals surface area (Å²) >= 11 is 0. The fourth-order valence-corrected chi connectivity index (χ4v) is 12.3. The maximum Gasteiger partial charge on any atom is 0.0991 e.